The third kappa shape index (κ3) is 3.84. The molecule has 2 atom stereocenters. The van der Waals surface area contributed by atoms with Crippen molar-refractivity contribution in [2.75, 3.05) is 32.8 Å². The van der Waals surface area contributed by atoms with Gasteiger partial charge in [-0.05, 0) is 58.2 Å². The summed E-state index contributed by atoms with van der Waals surface area (Å²) in [4.78, 5) is 5.29. The van der Waals surface area contributed by atoms with E-state index in [1.807, 2.05) is 0 Å². The van der Waals surface area contributed by atoms with Gasteiger partial charge in [-0.25, -0.2) is 0 Å². The molecule has 0 radical (unpaired) electrons. The molecule has 4 rings (SSSR count). The number of nitrogens with zero attached hydrogens (tertiary/aromatic N) is 2. The van der Waals surface area contributed by atoms with Crippen LogP contribution >= 0.6 is 0 Å². The Kier molecular flexibility index (Phi) is 5.65. The first kappa shape index (κ1) is 18.4. The molecule has 1 spiro atoms. The Morgan fingerprint density at radius 3 is 2.62 bits per heavy atom. The van der Waals surface area contributed by atoms with Crippen LogP contribution in [0.2, 0.25) is 0 Å². The zero-order chi connectivity index (χ0) is 18.0. The summed E-state index contributed by atoms with van der Waals surface area (Å²) < 4.78 is 12.7. The van der Waals surface area contributed by atoms with Crippen molar-refractivity contribution in [3.8, 4) is 0 Å². The molecular weight excluding hydrogens is 324 g/mol. The quantitative estimate of drug-likeness (QED) is 0.806. The molecule has 0 aromatic heterocycles. The Morgan fingerprint density at radius 2 is 1.96 bits per heavy atom. The van der Waals surface area contributed by atoms with Crippen LogP contribution in [0.4, 0.5) is 0 Å². The molecule has 0 bridgehead atoms. The largest absolute Gasteiger partial charge is 0.371 e. The van der Waals surface area contributed by atoms with Gasteiger partial charge in [0.1, 0.15) is 11.7 Å². The van der Waals surface area contributed by atoms with Crippen molar-refractivity contribution in [2.24, 2.45) is 0 Å². The molecule has 0 aliphatic carbocycles. The smallest absolute Gasteiger partial charge is 0.108 e. The van der Waals surface area contributed by atoms with Crippen molar-refractivity contribution in [1.29, 1.82) is 0 Å². The molecule has 3 saturated heterocycles. The number of benzene rings is 1. The van der Waals surface area contributed by atoms with Gasteiger partial charge in [-0.2, -0.15) is 0 Å². The van der Waals surface area contributed by atoms with Crippen molar-refractivity contribution in [2.45, 2.75) is 69.9 Å². The average molecular weight is 359 g/mol. The van der Waals surface area contributed by atoms with E-state index < -0.39 is 0 Å². The molecule has 3 heterocycles. The van der Waals surface area contributed by atoms with Gasteiger partial charge in [0.25, 0.3) is 0 Å². The molecule has 0 saturated carbocycles. The second-order valence-corrected chi connectivity index (χ2v) is 8.59. The molecule has 3 fully saturated rings. The zero-order valence-corrected chi connectivity index (χ0v) is 16.4. The molecule has 4 nitrogen and oxygen atoms in total. The second-order valence-electron chi connectivity index (χ2n) is 8.59. The Balaban J connectivity index is 1.38. The second kappa shape index (κ2) is 7.97. The number of hydrogen-bond acceptors (Lipinski definition) is 4. The third-order valence-corrected chi connectivity index (χ3v) is 6.63. The Morgan fingerprint density at radius 1 is 1.19 bits per heavy atom. The van der Waals surface area contributed by atoms with E-state index in [-0.39, 0.29) is 11.7 Å². The lowest BCUT2D eigenvalue weighted by molar-refractivity contribution is -0.0960. The van der Waals surface area contributed by atoms with Gasteiger partial charge in [-0.1, -0.05) is 30.3 Å². The van der Waals surface area contributed by atoms with E-state index >= 15 is 0 Å². The Hall–Kier alpha value is -0.940. The summed E-state index contributed by atoms with van der Waals surface area (Å²) in [7, 11) is 0. The van der Waals surface area contributed by atoms with E-state index in [0.29, 0.717) is 18.7 Å². The van der Waals surface area contributed by atoms with Gasteiger partial charge < -0.3 is 14.4 Å². The third-order valence-electron chi connectivity index (χ3n) is 6.63. The highest BCUT2D eigenvalue weighted by Gasteiger charge is 2.51. The van der Waals surface area contributed by atoms with Crippen molar-refractivity contribution >= 4 is 0 Å². The lowest BCUT2D eigenvalue weighted by Crippen LogP contribution is -2.47. The molecule has 0 amide bonds. The van der Waals surface area contributed by atoms with Crippen molar-refractivity contribution in [1.82, 2.24) is 9.80 Å². The minimum absolute atomic E-state index is 0.0655. The molecule has 26 heavy (non-hydrogen) atoms. The highest BCUT2D eigenvalue weighted by atomic mass is 16.6. The van der Waals surface area contributed by atoms with E-state index in [9.17, 15) is 0 Å². The van der Waals surface area contributed by atoms with Gasteiger partial charge >= 0.3 is 0 Å². The fourth-order valence-electron chi connectivity index (χ4n) is 5.01. The average Bonchev–Trinajstić information content (AvgIpc) is 3.29. The van der Waals surface area contributed by atoms with Gasteiger partial charge in [-0.15, -0.1) is 0 Å². The molecule has 4 heteroatoms. The van der Waals surface area contributed by atoms with Crippen LogP contribution in [0.1, 0.15) is 45.1 Å². The van der Waals surface area contributed by atoms with Crippen LogP contribution in [0, 0.1) is 0 Å². The van der Waals surface area contributed by atoms with E-state index in [1.54, 1.807) is 0 Å². The predicted octanol–water partition coefficient (Wildman–Crippen LogP) is 3.31. The van der Waals surface area contributed by atoms with Gasteiger partial charge in [0.15, 0.2) is 0 Å². The molecular formula is C22H34N2O2. The van der Waals surface area contributed by atoms with E-state index in [4.69, 9.17) is 9.47 Å². The maximum atomic E-state index is 6.43. The molecule has 0 N–H and O–H groups in total. The lowest BCUT2D eigenvalue weighted by Gasteiger charge is -2.38. The van der Waals surface area contributed by atoms with E-state index in [1.165, 1.54) is 37.9 Å². The molecule has 3 aliphatic heterocycles. The SMILES string of the molecule is CC(C)N1CCC(N2C[C@@H](OCc3ccccc3)[C@@]3(CCCO3)C2)CC1. The standard InChI is InChI=1S/C22H34N2O2/c1-18(2)23-12-9-20(10-13-23)24-15-21(22(17-24)11-6-14-26-22)25-16-19-7-4-3-5-8-19/h3-5,7-8,18,20-21H,6,9-17H2,1-2H3/t21-,22-/m1/s1. The number of rotatable bonds is 5. The lowest BCUT2D eigenvalue weighted by atomic mass is 9.96. The van der Waals surface area contributed by atoms with Crippen LogP contribution in [0.3, 0.4) is 0 Å². The van der Waals surface area contributed by atoms with E-state index in [0.717, 1.165) is 26.1 Å². The van der Waals surface area contributed by atoms with Crippen molar-refractivity contribution in [3.05, 3.63) is 35.9 Å². The van der Waals surface area contributed by atoms with Crippen LogP contribution < -0.4 is 0 Å². The molecule has 0 unspecified atom stereocenters. The molecule has 1 aromatic rings. The van der Waals surface area contributed by atoms with Crippen LogP contribution in [0.5, 0.6) is 0 Å². The topological polar surface area (TPSA) is 24.9 Å². The number of hydrogen-bond donors (Lipinski definition) is 0. The maximum Gasteiger partial charge on any atom is 0.108 e. The fourth-order valence-corrected chi connectivity index (χ4v) is 5.01. The number of ether oxygens (including phenoxy) is 2. The predicted molar refractivity (Wildman–Crippen MR) is 104 cm³/mol. The van der Waals surface area contributed by atoms with Gasteiger partial charge in [0.2, 0.25) is 0 Å². The first-order valence-electron chi connectivity index (χ1n) is 10.4. The highest BCUT2D eigenvalue weighted by Crippen LogP contribution is 2.39. The normalized spacial score (nSPS) is 31.4. The van der Waals surface area contributed by atoms with Gasteiger partial charge in [0, 0.05) is 31.8 Å². The monoisotopic (exact) mass is 358 g/mol. The maximum absolute atomic E-state index is 6.43. The summed E-state index contributed by atoms with van der Waals surface area (Å²) in [6.45, 7) is 10.7. The van der Waals surface area contributed by atoms with Crippen LogP contribution in [-0.2, 0) is 16.1 Å². The van der Waals surface area contributed by atoms with Crippen LogP contribution in [-0.4, -0.2) is 66.4 Å². The summed E-state index contributed by atoms with van der Waals surface area (Å²) in [6, 6.07) is 11.9. The summed E-state index contributed by atoms with van der Waals surface area (Å²) in [5.74, 6) is 0. The van der Waals surface area contributed by atoms with Gasteiger partial charge in [-0.3, -0.25) is 4.90 Å². The highest BCUT2D eigenvalue weighted by molar-refractivity contribution is 5.14. The summed E-state index contributed by atoms with van der Waals surface area (Å²) in [5, 5.41) is 0. The summed E-state index contributed by atoms with van der Waals surface area (Å²) in [5.41, 5.74) is 1.19. The first-order valence-corrected chi connectivity index (χ1v) is 10.4. The Labute approximate surface area is 158 Å². The van der Waals surface area contributed by atoms with E-state index in [2.05, 4.69) is 54.0 Å². The Bertz CT molecular complexity index is 563. The molecule has 1 aromatic carbocycles. The van der Waals surface area contributed by atoms with Crippen LogP contribution in [0.25, 0.3) is 0 Å². The van der Waals surface area contributed by atoms with Gasteiger partial charge in [0.05, 0.1) is 6.61 Å². The minimum atomic E-state index is -0.0655. The zero-order valence-electron chi connectivity index (χ0n) is 16.4. The molecule has 3 aliphatic rings. The minimum Gasteiger partial charge on any atom is -0.371 e. The van der Waals surface area contributed by atoms with Crippen molar-refractivity contribution in [3.63, 3.8) is 0 Å². The summed E-state index contributed by atoms with van der Waals surface area (Å²) in [6.07, 6.45) is 5.08. The first-order chi connectivity index (χ1) is 12.7. The fraction of sp³-hybridized carbons (Fsp3) is 0.727. The van der Waals surface area contributed by atoms with Crippen molar-refractivity contribution < 1.29 is 9.47 Å². The number of piperidine rings is 1. The number of likely N-dealkylation sites (tertiary alicyclic amines) is 2. The summed E-state index contributed by atoms with van der Waals surface area (Å²) >= 11 is 0. The van der Waals surface area contributed by atoms with Crippen LogP contribution in [0.15, 0.2) is 30.3 Å². The molecule has 144 valence electrons.